The number of aryl methyl sites for hydroxylation is 1. The van der Waals surface area contributed by atoms with Crippen molar-refractivity contribution >= 4 is 17.3 Å². The number of rotatable bonds is 4. The molecule has 0 spiro atoms. The van der Waals surface area contributed by atoms with Crippen molar-refractivity contribution in [2.75, 3.05) is 23.3 Å². The molecule has 1 aliphatic rings. The van der Waals surface area contributed by atoms with Crippen LogP contribution in [0, 0.1) is 6.92 Å². The van der Waals surface area contributed by atoms with Gasteiger partial charge in [0.25, 0.3) is 0 Å². The number of amides is 1. The van der Waals surface area contributed by atoms with Crippen molar-refractivity contribution in [3.8, 4) is 0 Å². The number of hydrogen-bond acceptors (Lipinski definition) is 3. The molecule has 110 valence electrons. The molecule has 1 aromatic heterocycles. The Kier molecular flexibility index (Phi) is 3.90. The Hall–Kier alpha value is -2.30. The molecule has 1 aliphatic heterocycles. The second-order valence-electron chi connectivity index (χ2n) is 5.45. The molecule has 5 nitrogen and oxygen atoms in total. The van der Waals surface area contributed by atoms with Crippen LogP contribution in [-0.4, -0.2) is 28.8 Å². The monoisotopic (exact) mass is 284 g/mol. The molecule has 0 radical (unpaired) electrons. The van der Waals surface area contributed by atoms with Crippen LogP contribution in [0.25, 0.3) is 0 Å². The Balaban J connectivity index is 1.66. The molecule has 0 saturated carbocycles. The van der Waals surface area contributed by atoms with Crippen LogP contribution in [0.5, 0.6) is 0 Å². The van der Waals surface area contributed by atoms with Crippen LogP contribution < -0.4 is 10.2 Å². The van der Waals surface area contributed by atoms with Gasteiger partial charge in [-0.15, -0.1) is 0 Å². The number of hydrogen-bond donors (Lipinski definition) is 1. The van der Waals surface area contributed by atoms with E-state index in [1.807, 2.05) is 19.1 Å². The molecule has 0 bridgehead atoms. The highest BCUT2D eigenvalue weighted by Crippen LogP contribution is 2.25. The van der Waals surface area contributed by atoms with Crippen molar-refractivity contribution < 1.29 is 4.79 Å². The zero-order valence-corrected chi connectivity index (χ0v) is 12.2. The number of carbonyl (C=O) groups is 1. The lowest BCUT2D eigenvalue weighted by Crippen LogP contribution is -2.20. The number of aromatic nitrogens is 2. The fraction of sp³-hybridized carbons (Fsp3) is 0.375. The Morgan fingerprint density at radius 1 is 1.33 bits per heavy atom. The lowest BCUT2D eigenvalue weighted by Gasteiger charge is -2.19. The first-order chi connectivity index (χ1) is 10.2. The first-order valence-electron chi connectivity index (χ1n) is 7.35. The average molecular weight is 284 g/mol. The summed E-state index contributed by atoms with van der Waals surface area (Å²) in [5.74, 6) is -0.0595. The average Bonchev–Trinajstić information content (AvgIpc) is 3.13. The fourth-order valence-electron chi connectivity index (χ4n) is 2.69. The number of benzene rings is 1. The number of carbonyl (C=O) groups excluding carboxylic acids is 1. The van der Waals surface area contributed by atoms with Gasteiger partial charge in [-0.2, -0.15) is 5.10 Å². The number of nitrogens with one attached hydrogen (secondary N) is 1. The van der Waals surface area contributed by atoms with Crippen LogP contribution in [0.15, 0.2) is 36.7 Å². The summed E-state index contributed by atoms with van der Waals surface area (Å²) in [5, 5.41) is 6.98. The van der Waals surface area contributed by atoms with E-state index in [1.54, 1.807) is 17.1 Å². The van der Waals surface area contributed by atoms with Crippen molar-refractivity contribution in [1.29, 1.82) is 0 Å². The maximum Gasteiger partial charge on any atom is 0.246 e. The largest absolute Gasteiger partial charge is 0.372 e. The number of anilines is 2. The third-order valence-corrected chi connectivity index (χ3v) is 3.82. The second-order valence-corrected chi connectivity index (χ2v) is 5.45. The first kappa shape index (κ1) is 13.7. The van der Waals surface area contributed by atoms with Crippen molar-refractivity contribution in [2.24, 2.45) is 0 Å². The zero-order chi connectivity index (χ0) is 14.7. The molecule has 2 heterocycles. The molecule has 0 atom stereocenters. The third kappa shape index (κ3) is 3.24. The summed E-state index contributed by atoms with van der Waals surface area (Å²) < 4.78 is 1.61. The van der Waals surface area contributed by atoms with Crippen LogP contribution in [0.1, 0.15) is 18.4 Å². The molecule has 1 saturated heterocycles. The highest BCUT2D eigenvalue weighted by molar-refractivity contribution is 5.91. The van der Waals surface area contributed by atoms with Gasteiger partial charge < -0.3 is 10.2 Å². The summed E-state index contributed by atoms with van der Waals surface area (Å²) in [6.45, 7) is 4.53. The van der Waals surface area contributed by atoms with E-state index in [1.165, 1.54) is 18.5 Å². The van der Waals surface area contributed by atoms with Crippen molar-refractivity contribution in [2.45, 2.75) is 26.3 Å². The molecule has 21 heavy (non-hydrogen) atoms. The molecule has 0 unspecified atom stereocenters. The maximum absolute atomic E-state index is 12.0. The standard InChI is InChI=1S/C16H20N4O/c1-13-11-14(19-8-2-3-9-19)5-6-15(13)18-16(21)12-20-10-4-7-17-20/h4-7,10-11H,2-3,8-9,12H2,1H3,(H,18,21). The highest BCUT2D eigenvalue weighted by atomic mass is 16.2. The summed E-state index contributed by atoms with van der Waals surface area (Å²) in [4.78, 5) is 14.4. The summed E-state index contributed by atoms with van der Waals surface area (Å²) in [6.07, 6.45) is 5.98. The summed E-state index contributed by atoms with van der Waals surface area (Å²) in [6, 6.07) is 8.03. The third-order valence-electron chi connectivity index (χ3n) is 3.82. The topological polar surface area (TPSA) is 50.2 Å². The molecule has 2 aromatic rings. The van der Waals surface area contributed by atoms with E-state index in [0.717, 1.165) is 24.3 Å². The van der Waals surface area contributed by atoms with Gasteiger partial charge in [-0.1, -0.05) is 0 Å². The smallest absolute Gasteiger partial charge is 0.246 e. The van der Waals surface area contributed by atoms with Crippen LogP contribution >= 0.6 is 0 Å². The molecule has 1 amide bonds. The van der Waals surface area contributed by atoms with Gasteiger partial charge in [0, 0.05) is 36.9 Å². The van der Waals surface area contributed by atoms with Crippen molar-refractivity contribution in [1.82, 2.24) is 9.78 Å². The van der Waals surface area contributed by atoms with E-state index in [9.17, 15) is 4.79 Å². The molecule has 3 rings (SSSR count). The van der Waals surface area contributed by atoms with Gasteiger partial charge in [-0.25, -0.2) is 0 Å². The van der Waals surface area contributed by atoms with Gasteiger partial charge in [0.15, 0.2) is 0 Å². The Bertz CT molecular complexity index is 615. The van der Waals surface area contributed by atoms with Crippen molar-refractivity contribution in [3.05, 3.63) is 42.2 Å². The normalized spacial score (nSPS) is 14.4. The van der Waals surface area contributed by atoms with Gasteiger partial charge in [0.1, 0.15) is 6.54 Å². The van der Waals surface area contributed by atoms with Gasteiger partial charge in [-0.05, 0) is 49.6 Å². The fourth-order valence-corrected chi connectivity index (χ4v) is 2.69. The Labute approximate surface area is 124 Å². The summed E-state index contributed by atoms with van der Waals surface area (Å²) >= 11 is 0. The molecular weight excluding hydrogens is 264 g/mol. The quantitative estimate of drug-likeness (QED) is 0.938. The van der Waals surface area contributed by atoms with E-state index < -0.39 is 0 Å². The number of nitrogens with zero attached hydrogens (tertiary/aromatic N) is 3. The predicted octanol–water partition coefficient (Wildman–Crippen LogP) is 2.43. The van der Waals surface area contributed by atoms with Crippen LogP contribution in [-0.2, 0) is 11.3 Å². The van der Waals surface area contributed by atoms with E-state index in [4.69, 9.17) is 0 Å². The van der Waals surface area contributed by atoms with Gasteiger partial charge in [-0.3, -0.25) is 9.48 Å². The lowest BCUT2D eigenvalue weighted by atomic mass is 10.1. The lowest BCUT2D eigenvalue weighted by molar-refractivity contribution is -0.116. The Morgan fingerprint density at radius 2 is 2.14 bits per heavy atom. The molecule has 1 N–H and O–H groups in total. The van der Waals surface area contributed by atoms with E-state index in [0.29, 0.717) is 0 Å². The highest BCUT2D eigenvalue weighted by Gasteiger charge is 2.13. The SMILES string of the molecule is Cc1cc(N2CCCC2)ccc1NC(=O)Cn1cccn1. The van der Waals surface area contributed by atoms with Gasteiger partial charge >= 0.3 is 0 Å². The van der Waals surface area contributed by atoms with Crippen LogP contribution in [0.2, 0.25) is 0 Å². The molecule has 5 heteroatoms. The first-order valence-corrected chi connectivity index (χ1v) is 7.35. The van der Waals surface area contributed by atoms with Gasteiger partial charge in [0.2, 0.25) is 5.91 Å². The maximum atomic E-state index is 12.0. The molecule has 1 fully saturated rings. The van der Waals surface area contributed by atoms with Gasteiger partial charge in [0.05, 0.1) is 0 Å². The minimum Gasteiger partial charge on any atom is -0.372 e. The summed E-state index contributed by atoms with van der Waals surface area (Å²) in [7, 11) is 0. The van der Waals surface area contributed by atoms with Crippen LogP contribution in [0.4, 0.5) is 11.4 Å². The van der Waals surface area contributed by atoms with Crippen molar-refractivity contribution in [3.63, 3.8) is 0 Å². The van der Waals surface area contributed by atoms with E-state index in [2.05, 4.69) is 27.4 Å². The predicted molar refractivity (Wildman–Crippen MR) is 83.5 cm³/mol. The van der Waals surface area contributed by atoms with E-state index >= 15 is 0 Å². The molecule has 0 aliphatic carbocycles. The minimum atomic E-state index is -0.0595. The van der Waals surface area contributed by atoms with Crippen LogP contribution in [0.3, 0.4) is 0 Å². The Morgan fingerprint density at radius 3 is 2.81 bits per heavy atom. The summed E-state index contributed by atoms with van der Waals surface area (Å²) in [5.41, 5.74) is 3.21. The molecule has 1 aromatic carbocycles. The van der Waals surface area contributed by atoms with E-state index in [-0.39, 0.29) is 12.5 Å². The zero-order valence-electron chi connectivity index (χ0n) is 12.2. The second kappa shape index (κ2) is 5.99. The molecular formula is C16H20N4O. The minimum absolute atomic E-state index is 0.0595.